The van der Waals surface area contributed by atoms with E-state index in [0.717, 1.165) is 5.57 Å². The van der Waals surface area contributed by atoms with E-state index in [0.29, 0.717) is 6.42 Å². The molecule has 0 aliphatic rings. The summed E-state index contributed by atoms with van der Waals surface area (Å²) in [6.07, 6.45) is 8.53. The molecule has 0 fully saturated rings. The summed E-state index contributed by atoms with van der Waals surface area (Å²) in [6, 6.07) is 0. The first kappa shape index (κ1) is 25.3. The van der Waals surface area contributed by atoms with Gasteiger partial charge >= 0.3 is 23.9 Å². The van der Waals surface area contributed by atoms with Crippen LogP contribution in [-0.2, 0) is 19.2 Å². The lowest BCUT2D eigenvalue weighted by Crippen LogP contribution is -1.95. The maximum Gasteiger partial charge on any atom is 0.307 e. The Morgan fingerprint density at radius 3 is 1.50 bits per heavy atom. The van der Waals surface area contributed by atoms with Crippen molar-refractivity contribution < 1.29 is 39.6 Å². The molecular weight excluding hydrogens is 344 g/mol. The standard InChI is InChI=1S/C10H14O4.C8H12O4/c1-8(4-2-6-9(11)12)5-3-7-10(13)14;1-6(2-4-7(9)10)3-5-8(11)12/h2-5,8H,6-7H2,1H3,(H,11,12)(H,13,14);2H,3-5H2,1H3,(H,9,10)(H,11,12). The molecule has 0 spiro atoms. The van der Waals surface area contributed by atoms with Crippen molar-refractivity contribution in [3.63, 3.8) is 0 Å². The third kappa shape index (κ3) is 23.4. The van der Waals surface area contributed by atoms with Crippen molar-refractivity contribution in [2.45, 2.75) is 46.0 Å². The van der Waals surface area contributed by atoms with Crippen LogP contribution in [0.2, 0.25) is 0 Å². The first-order valence-electron chi connectivity index (χ1n) is 7.90. The lowest BCUT2D eigenvalue weighted by molar-refractivity contribution is -0.137. The van der Waals surface area contributed by atoms with Crippen LogP contribution in [0.1, 0.15) is 46.0 Å². The summed E-state index contributed by atoms with van der Waals surface area (Å²) >= 11 is 0. The molecule has 0 aromatic carbocycles. The molecule has 0 aliphatic heterocycles. The SMILES string of the molecule is CC(=CCC(=O)O)CCC(=O)O.CC(C=CCC(=O)O)C=CCC(=O)O. The summed E-state index contributed by atoms with van der Waals surface area (Å²) in [5.74, 6) is -3.44. The molecule has 146 valence electrons. The van der Waals surface area contributed by atoms with Gasteiger partial charge in [-0.05, 0) is 19.3 Å². The van der Waals surface area contributed by atoms with E-state index in [4.69, 9.17) is 20.4 Å². The Morgan fingerprint density at radius 2 is 1.15 bits per heavy atom. The van der Waals surface area contributed by atoms with Gasteiger partial charge in [0, 0.05) is 6.42 Å². The predicted octanol–water partition coefficient (Wildman–Crippen LogP) is 2.96. The lowest BCUT2D eigenvalue weighted by atomic mass is 10.1. The average molecular weight is 370 g/mol. The van der Waals surface area contributed by atoms with Crippen molar-refractivity contribution >= 4 is 23.9 Å². The third-order valence-corrected chi connectivity index (χ3v) is 2.82. The number of carbonyl (C=O) groups is 4. The van der Waals surface area contributed by atoms with Crippen molar-refractivity contribution in [1.82, 2.24) is 0 Å². The zero-order valence-electron chi connectivity index (χ0n) is 14.9. The molecule has 0 aliphatic carbocycles. The van der Waals surface area contributed by atoms with Crippen molar-refractivity contribution in [2.24, 2.45) is 5.92 Å². The molecule has 8 heteroatoms. The number of rotatable bonds is 11. The summed E-state index contributed by atoms with van der Waals surface area (Å²) in [6.45, 7) is 3.59. The second-order valence-electron chi connectivity index (χ2n) is 5.45. The predicted molar refractivity (Wildman–Crippen MR) is 94.8 cm³/mol. The Morgan fingerprint density at radius 1 is 0.731 bits per heavy atom. The second-order valence-corrected chi connectivity index (χ2v) is 5.45. The summed E-state index contributed by atoms with van der Waals surface area (Å²) < 4.78 is 0. The first-order valence-corrected chi connectivity index (χ1v) is 7.90. The molecule has 8 nitrogen and oxygen atoms in total. The van der Waals surface area contributed by atoms with Gasteiger partial charge in [-0.3, -0.25) is 19.2 Å². The van der Waals surface area contributed by atoms with Gasteiger partial charge in [-0.1, -0.05) is 42.9 Å². The topological polar surface area (TPSA) is 149 Å². The molecule has 0 saturated heterocycles. The molecule has 0 saturated carbocycles. The Bertz CT molecular complexity index is 532. The molecule has 0 aromatic heterocycles. The highest BCUT2D eigenvalue weighted by atomic mass is 16.4. The quantitative estimate of drug-likeness (QED) is 0.405. The minimum absolute atomic E-state index is 0.00287. The molecular formula is C18H26O8. The van der Waals surface area contributed by atoms with Crippen LogP contribution < -0.4 is 0 Å². The molecule has 4 N–H and O–H groups in total. The summed E-state index contributed by atoms with van der Waals surface area (Å²) in [5, 5.41) is 33.2. The van der Waals surface area contributed by atoms with E-state index in [9.17, 15) is 19.2 Å². The fourth-order valence-corrected chi connectivity index (χ4v) is 1.50. The highest BCUT2D eigenvalue weighted by Gasteiger charge is 1.98. The van der Waals surface area contributed by atoms with E-state index in [1.54, 1.807) is 31.2 Å². The Hall–Kier alpha value is -2.90. The highest BCUT2D eigenvalue weighted by Crippen LogP contribution is 2.04. The Balaban J connectivity index is 0. The van der Waals surface area contributed by atoms with Crippen LogP contribution >= 0.6 is 0 Å². The summed E-state index contributed by atoms with van der Waals surface area (Å²) in [5.41, 5.74) is 0.805. The maximum atomic E-state index is 10.1. The Kier molecular flexibility index (Phi) is 15.2. The molecule has 0 rings (SSSR count). The van der Waals surface area contributed by atoms with E-state index in [2.05, 4.69) is 0 Å². The van der Waals surface area contributed by atoms with E-state index >= 15 is 0 Å². The van der Waals surface area contributed by atoms with Crippen molar-refractivity contribution in [1.29, 1.82) is 0 Å². The number of allylic oxidation sites excluding steroid dienone is 3. The van der Waals surface area contributed by atoms with Crippen LogP contribution in [0.4, 0.5) is 0 Å². The largest absolute Gasteiger partial charge is 0.481 e. The van der Waals surface area contributed by atoms with Gasteiger partial charge in [-0.2, -0.15) is 0 Å². The van der Waals surface area contributed by atoms with Crippen molar-refractivity contribution in [3.8, 4) is 0 Å². The first-order chi connectivity index (χ1) is 12.0. The number of carboxylic acid groups (broad SMARTS) is 4. The fourth-order valence-electron chi connectivity index (χ4n) is 1.50. The maximum absolute atomic E-state index is 10.1. The van der Waals surface area contributed by atoms with Gasteiger partial charge in [-0.25, -0.2) is 0 Å². The van der Waals surface area contributed by atoms with Crippen LogP contribution in [-0.4, -0.2) is 44.3 Å². The minimum Gasteiger partial charge on any atom is -0.481 e. The van der Waals surface area contributed by atoms with Gasteiger partial charge in [-0.15, -0.1) is 0 Å². The normalized spacial score (nSPS) is 12.5. The average Bonchev–Trinajstić information content (AvgIpc) is 2.50. The molecule has 0 heterocycles. The van der Waals surface area contributed by atoms with Crippen LogP contribution in [0.3, 0.4) is 0 Å². The molecule has 26 heavy (non-hydrogen) atoms. The molecule has 0 unspecified atom stereocenters. The van der Waals surface area contributed by atoms with Crippen LogP contribution in [0.25, 0.3) is 0 Å². The number of hydrogen-bond acceptors (Lipinski definition) is 4. The van der Waals surface area contributed by atoms with Crippen LogP contribution in [0.15, 0.2) is 36.0 Å². The number of carboxylic acids is 4. The van der Waals surface area contributed by atoms with Gasteiger partial charge in [0.2, 0.25) is 0 Å². The van der Waals surface area contributed by atoms with Crippen LogP contribution in [0, 0.1) is 5.92 Å². The summed E-state index contributed by atoms with van der Waals surface area (Å²) in [4.78, 5) is 40.5. The van der Waals surface area contributed by atoms with Crippen LogP contribution in [0.5, 0.6) is 0 Å². The lowest BCUT2D eigenvalue weighted by Gasteiger charge is -1.95. The van der Waals surface area contributed by atoms with E-state index in [-0.39, 0.29) is 31.6 Å². The zero-order chi connectivity index (χ0) is 20.5. The second kappa shape index (κ2) is 15.6. The van der Waals surface area contributed by atoms with Crippen molar-refractivity contribution in [3.05, 3.63) is 36.0 Å². The monoisotopic (exact) mass is 370 g/mol. The molecule has 0 bridgehead atoms. The number of aliphatic carboxylic acids is 4. The minimum atomic E-state index is -0.898. The van der Waals surface area contributed by atoms with Gasteiger partial charge < -0.3 is 20.4 Å². The molecule has 0 radical (unpaired) electrons. The van der Waals surface area contributed by atoms with E-state index < -0.39 is 23.9 Å². The smallest absolute Gasteiger partial charge is 0.307 e. The van der Waals surface area contributed by atoms with Crippen molar-refractivity contribution in [2.75, 3.05) is 0 Å². The van der Waals surface area contributed by atoms with E-state index in [1.807, 2.05) is 6.92 Å². The molecule has 0 aromatic rings. The van der Waals surface area contributed by atoms with Gasteiger partial charge in [0.1, 0.15) is 0 Å². The molecule has 0 atom stereocenters. The van der Waals surface area contributed by atoms with Gasteiger partial charge in [0.25, 0.3) is 0 Å². The van der Waals surface area contributed by atoms with E-state index in [1.165, 1.54) is 6.08 Å². The third-order valence-electron chi connectivity index (χ3n) is 2.82. The summed E-state index contributed by atoms with van der Waals surface area (Å²) in [7, 11) is 0. The van der Waals surface area contributed by atoms with Gasteiger partial charge in [0.05, 0.1) is 19.3 Å². The Labute approximate surface area is 152 Å². The number of hydrogen-bond donors (Lipinski definition) is 4. The van der Waals surface area contributed by atoms with Gasteiger partial charge in [0.15, 0.2) is 0 Å². The highest BCUT2D eigenvalue weighted by molar-refractivity contribution is 5.69. The molecule has 0 amide bonds. The fraction of sp³-hybridized carbons (Fsp3) is 0.444. The zero-order valence-corrected chi connectivity index (χ0v) is 14.9.